The van der Waals surface area contributed by atoms with E-state index in [1.54, 1.807) is 24.9 Å². The molecule has 1 aromatic rings. The maximum Gasteiger partial charge on any atom is 0.228 e. The van der Waals surface area contributed by atoms with Crippen molar-refractivity contribution in [1.82, 2.24) is 5.32 Å². The number of para-hydroxylation sites is 1. The lowest BCUT2D eigenvalue weighted by atomic mass is 10.0. The number of fused-ring (bicyclic) bond motifs is 1. The largest absolute Gasteiger partial charge is 0.449 e. The molecule has 28 heavy (non-hydrogen) atoms. The van der Waals surface area contributed by atoms with E-state index in [1.165, 1.54) is 0 Å². The van der Waals surface area contributed by atoms with E-state index >= 15 is 0 Å². The van der Waals surface area contributed by atoms with Crippen LogP contribution in [0, 0.1) is 5.92 Å². The van der Waals surface area contributed by atoms with Crippen LogP contribution in [0.15, 0.2) is 51.2 Å². The summed E-state index contributed by atoms with van der Waals surface area (Å²) in [5.74, 6) is 1.27. The van der Waals surface area contributed by atoms with Crippen molar-refractivity contribution in [1.29, 1.82) is 0 Å². The van der Waals surface area contributed by atoms with Gasteiger partial charge in [0.05, 0.1) is 11.4 Å². The molecule has 0 unspecified atom stereocenters. The number of thioether (sulfide) groups is 1. The van der Waals surface area contributed by atoms with E-state index in [9.17, 15) is 9.59 Å². The zero-order valence-corrected chi connectivity index (χ0v) is 17.4. The van der Waals surface area contributed by atoms with Gasteiger partial charge in [0.1, 0.15) is 0 Å². The predicted molar refractivity (Wildman–Crippen MR) is 113 cm³/mol. The highest BCUT2D eigenvalue weighted by Gasteiger charge is 2.34. The number of hydrogen-bond acceptors (Lipinski definition) is 6. The molecule has 2 aliphatic rings. The lowest BCUT2D eigenvalue weighted by Gasteiger charge is -2.28. The fourth-order valence-electron chi connectivity index (χ4n) is 3.00. The van der Waals surface area contributed by atoms with Crippen LogP contribution in [-0.2, 0) is 9.59 Å². The molecular formula is C21H25N3O3S. The Hall–Kier alpha value is -2.54. The van der Waals surface area contributed by atoms with Gasteiger partial charge in [-0.3, -0.25) is 14.6 Å². The number of anilines is 1. The predicted octanol–water partition coefficient (Wildman–Crippen LogP) is 3.90. The van der Waals surface area contributed by atoms with Crippen LogP contribution in [0.3, 0.4) is 0 Å². The fourth-order valence-corrected chi connectivity index (χ4v) is 3.57. The molecule has 1 amide bonds. The molecule has 148 valence electrons. The molecule has 0 spiro atoms. The third-order valence-corrected chi connectivity index (χ3v) is 5.48. The van der Waals surface area contributed by atoms with Crippen LogP contribution in [0.25, 0.3) is 0 Å². The minimum absolute atomic E-state index is 0.0137. The number of carbonyl (C=O) groups is 2. The summed E-state index contributed by atoms with van der Waals surface area (Å²) in [7, 11) is 1.60. The van der Waals surface area contributed by atoms with Crippen LogP contribution in [0.1, 0.15) is 33.1 Å². The Bertz CT molecular complexity index is 898. The molecule has 2 N–H and O–H groups in total. The van der Waals surface area contributed by atoms with Gasteiger partial charge >= 0.3 is 0 Å². The second kappa shape index (κ2) is 8.65. The second-order valence-corrected chi connectivity index (χ2v) is 7.43. The molecule has 7 heteroatoms. The molecular weight excluding hydrogens is 374 g/mol. The van der Waals surface area contributed by atoms with Crippen molar-refractivity contribution in [3.63, 3.8) is 0 Å². The molecule has 6 nitrogen and oxygen atoms in total. The van der Waals surface area contributed by atoms with Crippen LogP contribution < -0.4 is 15.4 Å². The van der Waals surface area contributed by atoms with E-state index in [4.69, 9.17) is 4.74 Å². The summed E-state index contributed by atoms with van der Waals surface area (Å²) in [6, 6.07) is 5.75. The van der Waals surface area contributed by atoms with Crippen molar-refractivity contribution >= 4 is 35.0 Å². The van der Waals surface area contributed by atoms with Crippen molar-refractivity contribution in [2.45, 2.75) is 38.0 Å². The summed E-state index contributed by atoms with van der Waals surface area (Å²) >= 11 is 1.59. The topological polar surface area (TPSA) is 79.8 Å². The number of nitrogens with one attached hydrogen (secondary N) is 2. The highest BCUT2D eigenvalue weighted by atomic mass is 32.2. The molecule has 0 bridgehead atoms. The number of aliphatic imine (C=N–C) groups is 1. The Balaban J connectivity index is 2.08. The van der Waals surface area contributed by atoms with Crippen LogP contribution in [0.5, 0.6) is 5.75 Å². The van der Waals surface area contributed by atoms with Crippen LogP contribution in [0.2, 0.25) is 0 Å². The van der Waals surface area contributed by atoms with Gasteiger partial charge in [0.2, 0.25) is 5.91 Å². The van der Waals surface area contributed by atoms with Crippen LogP contribution in [0.4, 0.5) is 5.69 Å². The van der Waals surface area contributed by atoms with E-state index in [2.05, 4.69) is 15.6 Å². The normalized spacial score (nSPS) is 16.9. The molecule has 0 radical (unpaired) electrons. The van der Waals surface area contributed by atoms with E-state index in [0.29, 0.717) is 35.0 Å². The summed E-state index contributed by atoms with van der Waals surface area (Å²) in [5, 5.41) is 6.25. The number of Topliss-reactive ketones (excluding diaryl/α,β-unsaturated/α-hetero) is 1. The summed E-state index contributed by atoms with van der Waals surface area (Å²) in [6.45, 7) is 3.64. The summed E-state index contributed by atoms with van der Waals surface area (Å²) in [6.07, 6.45) is 5.89. The minimum atomic E-state index is -0.0662. The molecule has 1 heterocycles. The molecule has 1 aliphatic heterocycles. The first kappa shape index (κ1) is 20.2. The smallest absolute Gasteiger partial charge is 0.228 e. The van der Waals surface area contributed by atoms with E-state index < -0.39 is 0 Å². The highest BCUT2D eigenvalue weighted by Crippen LogP contribution is 2.41. The fraction of sp³-hybridized carbons (Fsp3) is 0.381. The minimum Gasteiger partial charge on any atom is -0.449 e. The first-order valence-electron chi connectivity index (χ1n) is 9.38. The van der Waals surface area contributed by atoms with Gasteiger partial charge in [0.15, 0.2) is 23.1 Å². The molecule has 1 fully saturated rings. The molecule has 3 rings (SSSR count). The average Bonchev–Trinajstić information content (AvgIpc) is 3.56. The highest BCUT2D eigenvalue weighted by molar-refractivity contribution is 7.98. The summed E-state index contributed by atoms with van der Waals surface area (Å²) in [5.41, 5.74) is 1.85. The van der Waals surface area contributed by atoms with Crippen LogP contribution >= 0.6 is 11.8 Å². The van der Waals surface area contributed by atoms with Crippen molar-refractivity contribution in [3.05, 3.63) is 41.3 Å². The van der Waals surface area contributed by atoms with E-state index in [0.717, 1.165) is 23.4 Å². The average molecular weight is 400 g/mol. The Labute approximate surface area is 169 Å². The number of rotatable bonds is 6. The number of benzene rings is 1. The SMILES string of the molecule is CC=C(C(=O)CC)C1=C(C(=NC)NC(=O)C2CC2)Oc2cccc(SC)c2N1. The number of nitrogens with zero attached hydrogens (tertiary/aromatic N) is 1. The maximum atomic E-state index is 12.6. The Morgan fingerprint density at radius 3 is 2.71 bits per heavy atom. The maximum absolute atomic E-state index is 12.6. The number of allylic oxidation sites excluding steroid dienone is 2. The number of amidine groups is 1. The molecule has 0 atom stereocenters. The first-order valence-corrected chi connectivity index (χ1v) is 10.6. The molecule has 1 aliphatic carbocycles. The zero-order valence-electron chi connectivity index (χ0n) is 16.6. The van der Waals surface area contributed by atoms with Gasteiger partial charge in [0.25, 0.3) is 0 Å². The van der Waals surface area contributed by atoms with Crippen LogP contribution in [-0.4, -0.2) is 30.8 Å². The number of ether oxygens (including phenoxy) is 1. The lowest BCUT2D eigenvalue weighted by Crippen LogP contribution is -2.37. The van der Waals surface area contributed by atoms with Gasteiger partial charge in [-0.25, -0.2) is 0 Å². The third kappa shape index (κ3) is 3.99. The van der Waals surface area contributed by atoms with E-state index in [1.807, 2.05) is 38.3 Å². The van der Waals surface area contributed by atoms with Gasteiger partial charge in [0, 0.05) is 29.9 Å². The monoisotopic (exact) mass is 399 g/mol. The summed E-state index contributed by atoms with van der Waals surface area (Å²) in [4.78, 5) is 30.2. The number of ketones is 1. The Morgan fingerprint density at radius 2 is 2.14 bits per heavy atom. The van der Waals surface area contributed by atoms with Gasteiger partial charge in [-0.1, -0.05) is 19.1 Å². The third-order valence-electron chi connectivity index (χ3n) is 4.70. The first-order chi connectivity index (χ1) is 13.5. The van der Waals surface area contributed by atoms with Crippen molar-refractivity contribution in [3.8, 4) is 5.75 Å². The zero-order chi connectivity index (χ0) is 20.3. The number of carbonyl (C=O) groups excluding carboxylic acids is 2. The standard InChI is InChI=1S/C21H25N3O3S/c1-5-13(14(25)6-2)17-19(20(22-3)24-21(26)12-10-11-12)27-15-8-7-9-16(28-4)18(15)23-17/h5,7-9,12,23H,6,10-11H2,1-4H3,(H,22,24,26). The number of hydrogen-bond donors (Lipinski definition) is 2. The van der Waals surface area contributed by atoms with Gasteiger partial charge in [-0.05, 0) is 38.2 Å². The van der Waals surface area contributed by atoms with Crippen molar-refractivity contribution in [2.24, 2.45) is 10.9 Å². The quantitative estimate of drug-likeness (QED) is 0.328. The Kier molecular flexibility index (Phi) is 6.24. The molecule has 1 aromatic carbocycles. The lowest BCUT2D eigenvalue weighted by molar-refractivity contribution is -0.120. The van der Waals surface area contributed by atoms with E-state index in [-0.39, 0.29) is 17.6 Å². The second-order valence-electron chi connectivity index (χ2n) is 6.58. The van der Waals surface area contributed by atoms with Gasteiger partial charge in [-0.2, -0.15) is 0 Å². The molecule has 1 saturated carbocycles. The molecule has 0 saturated heterocycles. The van der Waals surface area contributed by atoms with Gasteiger partial charge < -0.3 is 15.4 Å². The van der Waals surface area contributed by atoms with Gasteiger partial charge in [-0.15, -0.1) is 11.8 Å². The summed E-state index contributed by atoms with van der Waals surface area (Å²) < 4.78 is 6.18. The number of amides is 1. The van der Waals surface area contributed by atoms with Crippen molar-refractivity contribution in [2.75, 3.05) is 18.6 Å². The molecule has 0 aromatic heterocycles. The van der Waals surface area contributed by atoms with Crippen molar-refractivity contribution < 1.29 is 14.3 Å². The Morgan fingerprint density at radius 1 is 1.39 bits per heavy atom.